The Balaban J connectivity index is 0.00000324. The second kappa shape index (κ2) is 6.21. The van der Waals surface area contributed by atoms with Crippen molar-refractivity contribution in [3.05, 3.63) is 34.3 Å². The Labute approximate surface area is 116 Å². The molecule has 0 aliphatic carbocycles. The zero-order valence-electron chi connectivity index (χ0n) is 9.22. The molecule has 2 nitrogen and oxygen atoms in total. The van der Waals surface area contributed by atoms with Crippen LogP contribution in [0, 0.1) is 0 Å². The van der Waals surface area contributed by atoms with Crippen molar-refractivity contribution < 1.29 is 27.1 Å². The molecule has 1 aromatic rings. The van der Waals surface area contributed by atoms with Crippen LogP contribution in [0.1, 0.15) is 17.2 Å². The van der Waals surface area contributed by atoms with Crippen molar-refractivity contribution in [1.29, 1.82) is 0 Å². The number of benzene rings is 1. The molecule has 1 rings (SSSR count). The minimum absolute atomic E-state index is 0. The summed E-state index contributed by atoms with van der Waals surface area (Å²) in [4.78, 5) is 0. The van der Waals surface area contributed by atoms with Crippen molar-refractivity contribution in [3.8, 4) is 0 Å². The highest BCUT2D eigenvalue weighted by Gasteiger charge is 2.40. The molecule has 0 unspecified atom stereocenters. The van der Waals surface area contributed by atoms with Gasteiger partial charge in [0.25, 0.3) is 5.92 Å². The lowest BCUT2D eigenvalue weighted by molar-refractivity contribution is -0.137. The van der Waals surface area contributed by atoms with Gasteiger partial charge in [0.05, 0.1) is 11.6 Å². The van der Waals surface area contributed by atoms with Crippen LogP contribution in [0.15, 0.2) is 18.2 Å². The van der Waals surface area contributed by atoms with E-state index in [1.165, 1.54) is 0 Å². The first-order valence-electron chi connectivity index (χ1n) is 4.70. The Morgan fingerprint density at radius 2 is 1.74 bits per heavy atom. The van der Waals surface area contributed by atoms with Crippen LogP contribution in [0.4, 0.5) is 22.0 Å². The summed E-state index contributed by atoms with van der Waals surface area (Å²) in [7, 11) is 0. The van der Waals surface area contributed by atoms with Gasteiger partial charge in [0.1, 0.15) is 6.61 Å². The third-order valence-corrected chi connectivity index (χ3v) is 2.67. The maximum atomic E-state index is 13.1. The summed E-state index contributed by atoms with van der Waals surface area (Å²) >= 11 is 5.54. The molecule has 0 heterocycles. The lowest BCUT2D eigenvalue weighted by atomic mass is 9.99. The van der Waals surface area contributed by atoms with Crippen LogP contribution >= 0.6 is 24.0 Å². The number of aliphatic hydroxyl groups is 1. The smallest absolute Gasteiger partial charge is 0.390 e. The zero-order valence-corrected chi connectivity index (χ0v) is 10.8. The fourth-order valence-corrected chi connectivity index (χ4v) is 1.52. The third-order valence-electron chi connectivity index (χ3n) is 2.32. The fraction of sp³-hybridized carbons (Fsp3) is 0.400. The number of rotatable bonds is 3. The topological polar surface area (TPSA) is 46.2 Å². The molecule has 9 heteroatoms. The highest BCUT2D eigenvalue weighted by Crippen LogP contribution is 2.37. The molecule has 110 valence electrons. The quantitative estimate of drug-likeness (QED) is 0.836. The Kier molecular flexibility index (Phi) is 6.01. The molecule has 3 N–H and O–H groups in total. The molecule has 0 saturated heterocycles. The number of aliphatic hydroxyl groups excluding tert-OH is 1. The number of hydrogen-bond acceptors (Lipinski definition) is 2. The average Bonchev–Trinajstić information content (AvgIpc) is 2.27. The lowest BCUT2D eigenvalue weighted by Gasteiger charge is -2.23. The van der Waals surface area contributed by atoms with Gasteiger partial charge in [-0.1, -0.05) is 11.6 Å². The van der Waals surface area contributed by atoms with Crippen molar-refractivity contribution in [3.63, 3.8) is 0 Å². The summed E-state index contributed by atoms with van der Waals surface area (Å²) in [6, 6.07) is -0.156. The number of nitrogens with two attached hydrogens (primary N) is 1. The Morgan fingerprint density at radius 1 is 1.21 bits per heavy atom. The van der Waals surface area contributed by atoms with E-state index in [1.54, 1.807) is 0 Å². The van der Waals surface area contributed by atoms with Crippen LogP contribution in [-0.2, 0) is 6.18 Å². The van der Waals surface area contributed by atoms with Gasteiger partial charge < -0.3 is 10.8 Å². The summed E-state index contributed by atoms with van der Waals surface area (Å²) in [5.74, 6) is -3.76. The van der Waals surface area contributed by atoms with Gasteiger partial charge in [-0.2, -0.15) is 13.2 Å². The molecule has 19 heavy (non-hydrogen) atoms. The van der Waals surface area contributed by atoms with Gasteiger partial charge in [-0.3, -0.25) is 0 Å². The standard InChI is InChI=1S/C10H9ClF5NO.ClH/c11-7-2-1-5(10(14,15)16)3-6(7)8(17)9(12,13)4-18;/h1-3,8,18H,4,17H2;1H/t8-;/m0./s1. The first kappa shape index (κ1) is 18.4. The molecule has 1 aromatic carbocycles. The average molecular weight is 326 g/mol. The lowest BCUT2D eigenvalue weighted by Crippen LogP contribution is -2.36. The maximum absolute atomic E-state index is 13.1. The number of hydrogen-bond donors (Lipinski definition) is 2. The summed E-state index contributed by atoms with van der Waals surface area (Å²) < 4.78 is 63.5. The van der Waals surface area contributed by atoms with Gasteiger partial charge in [0, 0.05) is 5.02 Å². The molecule has 0 aliphatic heterocycles. The predicted octanol–water partition coefficient (Wildman–Crippen LogP) is 3.41. The highest BCUT2D eigenvalue weighted by atomic mass is 35.5. The number of alkyl halides is 5. The van der Waals surface area contributed by atoms with Crippen LogP contribution < -0.4 is 5.73 Å². The van der Waals surface area contributed by atoms with Crippen molar-refractivity contribution in [2.45, 2.75) is 18.1 Å². The molecule has 0 radical (unpaired) electrons. The second-order valence-electron chi connectivity index (χ2n) is 3.63. The second-order valence-corrected chi connectivity index (χ2v) is 4.04. The van der Waals surface area contributed by atoms with Crippen molar-refractivity contribution in [1.82, 2.24) is 0 Å². The van der Waals surface area contributed by atoms with E-state index in [1.807, 2.05) is 0 Å². The Bertz CT molecular complexity index is 438. The largest absolute Gasteiger partial charge is 0.416 e. The van der Waals surface area contributed by atoms with E-state index < -0.39 is 35.9 Å². The van der Waals surface area contributed by atoms with E-state index in [2.05, 4.69) is 0 Å². The van der Waals surface area contributed by atoms with E-state index in [9.17, 15) is 22.0 Å². The summed E-state index contributed by atoms with van der Waals surface area (Å²) in [5.41, 5.74) is 3.44. The minimum Gasteiger partial charge on any atom is -0.390 e. The van der Waals surface area contributed by atoms with Gasteiger partial charge in [-0.15, -0.1) is 12.4 Å². The molecule has 0 saturated carbocycles. The molecule has 0 bridgehead atoms. The van der Waals surface area contributed by atoms with Gasteiger partial charge in [0.15, 0.2) is 0 Å². The van der Waals surface area contributed by atoms with Gasteiger partial charge in [-0.25, -0.2) is 8.78 Å². The molecule has 0 aromatic heterocycles. The van der Waals surface area contributed by atoms with E-state index in [-0.39, 0.29) is 17.4 Å². The van der Waals surface area contributed by atoms with Crippen molar-refractivity contribution in [2.24, 2.45) is 5.73 Å². The molecule has 0 amide bonds. The number of halogens is 7. The van der Waals surface area contributed by atoms with Crippen LogP contribution in [-0.4, -0.2) is 17.6 Å². The van der Waals surface area contributed by atoms with Crippen LogP contribution in [0.5, 0.6) is 0 Å². The first-order chi connectivity index (χ1) is 8.09. The van der Waals surface area contributed by atoms with Gasteiger partial charge in [-0.05, 0) is 23.8 Å². The molecule has 0 aliphatic rings. The summed E-state index contributed by atoms with van der Waals surface area (Å²) in [6.07, 6.45) is -4.69. The monoisotopic (exact) mass is 325 g/mol. The highest BCUT2D eigenvalue weighted by molar-refractivity contribution is 6.31. The third kappa shape index (κ3) is 4.17. The summed E-state index contributed by atoms with van der Waals surface area (Å²) in [6.45, 7) is -1.58. The Hall–Kier alpha value is -0.630. The van der Waals surface area contributed by atoms with Gasteiger partial charge in [0.2, 0.25) is 0 Å². The Morgan fingerprint density at radius 3 is 2.16 bits per heavy atom. The maximum Gasteiger partial charge on any atom is 0.416 e. The van der Waals surface area contributed by atoms with Crippen LogP contribution in [0.2, 0.25) is 5.02 Å². The molecule has 1 atom stereocenters. The zero-order chi connectivity index (χ0) is 14.1. The SMILES string of the molecule is Cl.N[C@@H](c1cc(C(F)(F)F)ccc1Cl)C(F)(F)CO. The minimum atomic E-state index is -4.69. The van der Waals surface area contributed by atoms with E-state index in [0.717, 1.165) is 6.07 Å². The molecule has 0 spiro atoms. The predicted molar refractivity (Wildman–Crippen MR) is 62.7 cm³/mol. The van der Waals surface area contributed by atoms with E-state index >= 15 is 0 Å². The van der Waals surface area contributed by atoms with E-state index in [0.29, 0.717) is 12.1 Å². The first-order valence-corrected chi connectivity index (χ1v) is 5.08. The fourth-order valence-electron chi connectivity index (χ4n) is 1.28. The van der Waals surface area contributed by atoms with Gasteiger partial charge >= 0.3 is 6.18 Å². The molecular formula is C10H10Cl2F5NO. The normalized spacial score (nSPS) is 13.9. The van der Waals surface area contributed by atoms with Crippen LogP contribution in [0.3, 0.4) is 0 Å². The van der Waals surface area contributed by atoms with Crippen LogP contribution in [0.25, 0.3) is 0 Å². The van der Waals surface area contributed by atoms with Crippen molar-refractivity contribution >= 4 is 24.0 Å². The van der Waals surface area contributed by atoms with Crippen molar-refractivity contribution in [2.75, 3.05) is 6.61 Å². The molecule has 0 fully saturated rings. The molecular weight excluding hydrogens is 316 g/mol. The van der Waals surface area contributed by atoms with E-state index in [4.69, 9.17) is 22.4 Å². The summed E-state index contributed by atoms with van der Waals surface area (Å²) in [5, 5.41) is 8.13.